The summed E-state index contributed by atoms with van der Waals surface area (Å²) in [7, 11) is 2.05. The number of ether oxygens (including phenoxy) is 1. The molecule has 1 heterocycles. The summed E-state index contributed by atoms with van der Waals surface area (Å²) >= 11 is 0. The molecular weight excluding hydrogens is 410 g/mol. The molecule has 4 nitrogen and oxygen atoms in total. The van der Waals surface area contributed by atoms with Gasteiger partial charge in [-0.25, -0.2) is 4.79 Å². The fourth-order valence-corrected chi connectivity index (χ4v) is 4.24. The van der Waals surface area contributed by atoms with Crippen molar-refractivity contribution >= 4 is 22.4 Å². The van der Waals surface area contributed by atoms with Gasteiger partial charge in [0.15, 0.2) is 0 Å². The van der Waals surface area contributed by atoms with E-state index in [1.165, 1.54) is 17.2 Å². The smallest absolute Gasteiger partial charge is 0.328 e. The normalized spacial score (nSPS) is 12.2. The highest BCUT2D eigenvalue weighted by Crippen LogP contribution is 2.43. The first-order valence-electron chi connectivity index (χ1n) is 12.0. The summed E-state index contributed by atoms with van der Waals surface area (Å²) in [4.78, 5) is 11.2. The van der Waals surface area contributed by atoms with E-state index in [4.69, 9.17) is 4.74 Å². The van der Waals surface area contributed by atoms with E-state index < -0.39 is 5.97 Å². The second-order valence-corrected chi connectivity index (χ2v) is 9.55. The number of carbonyl (C=O) groups is 1. The van der Waals surface area contributed by atoms with Crippen LogP contribution in [0, 0.1) is 0 Å². The minimum atomic E-state index is -0.932. The first-order valence-corrected chi connectivity index (χ1v) is 12.0. The first-order chi connectivity index (χ1) is 15.6. The lowest BCUT2D eigenvalue weighted by Gasteiger charge is -2.21. The second-order valence-electron chi connectivity index (χ2n) is 9.55. The number of unbranched alkanes of at least 4 members (excludes halogenated alkanes) is 1. The van der Waals surface area contributed by atoms with Crippen LogP contribution in [0.15, 0.2) is 42.6 Å². The van der Waals surface area contributed by atoms with Crippen LogP contribution < -0.4 is 4.74 Å². The van der Waals surface area contributed by atoms with E-state index in [-0.39, 0.29) is 0 Å². The van der Waals surface area contributed by atoms with Crippen molar-refractivity contribution in [3.63, 3.8) is 0 Å². The lowest BCUT2D eigenvalue weighted by Crippen LogP contribution is -2.05. The average Bonchev–Trinajstić information content (AvgIpc) is 3.08. The molecule has 1 N–H and O–H groups in total. The molecule has 3 rings (SSSR count). The van der Waals surface area contributed by atoms with Gasteiger partial charge in [-0.2, -0.15) is 0 Å². The molecule has 0 saturated carbocycles. The van der Waals surface area contributed by atoms with Gasteiger partial charge in [0.25, 0.3) is 0 Å². The van der Waals surface area contributed by atoms with Crippen LogP contribution in [-0.4, -0.2) is 22.2 Å². The first kappa shape index (κ1) is 24.6. The number of rotatable bonds is 9. The van der Waals surface area contributed by atoms with Crippen molar-refractivity contribution in [1.82, 2.24) is 4.57 Å². The number of hydrogen-bond donors (Lipinski definition) is 1. The second kappa shape index (κ2) is 10.3. The van der Waals surface area contributed by atoms with E-state index in [0.29, 0.717) is 18.4 Å². The van der Waals surface area contributed by atoms with Gasteiger partial charge in [-0.3, -0.25) is 0 Å². The van der Waals surface area contributed by atoms with Gasteiger partial charge >= 0.3 is 5.97 Å². The molecule has 0 amide bonds. The third-order valence-corrected chi connectivity index (χ3v) is 6.25. The minimum absolute atomic E-state index is 0.338. The maximum absolute atomic E-state index is 11.2. The number of allylic oxidation sites excluding steroid dienone is 1. The van der Waals surface area contributed by atoms with Gasteiger partial charge in [0.2, 0.25) is 0 Å². The van der Waals surface area contributed by atoms with Crippen molar-refractivity contribution in [2.24, 2.45) is 7.05 Å². The number of aromatic nitrogens is 1. The van der Waals surface area contributed by atoms with Crippen molar-refractivity contribution < 1.29 is 14.6 Å². The molecule has 0 bridgehead atoms. The number of carboxylic acids is 1. The van der Waals surface area contributed by atoms with Crippen molar-refractivity contribution in [2.45, 2.75) is 66.2 Å². The predicted molar refractivity (Wildman–Crippen MR) is 138 cm³/mol. The van der Waals surface area contributed by atoms with Gasteiger partial charge in [0.1, 0.15) is 5.75 Å². The zero-order valence-corrected chi connectivity index (χ0v) is 21.0. The maximum Gasteiger partial charge on any atom is 0.328 e. The summed E-state index contributed by atoms with van der Waals surface area (Å²) in [5.74, 6) is 0.778. The number of aliphatic carboxylic acids is 1. The molecule has 0 spiro atoms. The topological polar surface area (TPSA) is 51.5 Å². The number of nitrogens with zero attached hydrogens (tertiary/aromatic N) is 1. The molecule has 0 fully saturated rings. The van der Waals surface area contributed by atoms with E-state index in [0.717, 1.165) is 51.8 Å². The Bertz CT molecular complexity index is 1180. The highest BCUT2D eigenvalue weighted by molar-refractivity contribution is 6.00. The zero-order valence-electron chi connectivity index (χ0n) is 21.0. The van der Waals surface area contributed by atoms with Gasteiger partial charge in [-0.15, -0.1) is 0 Å². The monoisotopic (exact) mass is 447 g/mol. The Hall–Kier alpha value is -3.01. The largest absolute Gasteiger partial charge is 0.493 e. The lowest BCUT2D eigenvalue weighted by molar-refractivity contribution is -0.131. The minimum Gasteiger partial charge on any atom is -0.493 e. The van der Waals surface area contributed by atoms with Gasteiger partial charge in [-0.05, 0) is 65.6 Å². The third-order valence-electron chi connectivity index (χ3n) is 6.25. The van der Waals surface area contributed by atoms with Crippen LogP contribution in [0.3, 0.4) is 0 Å². The summed E-state index contributed by atoms with van der Waals surface area (Å²) in [6.45, 7) is 13.6. The van der Waals surface area contributed by atoms with E-state index in [9.17, 15) is 9.90 Å². The highest BCUT2D eigenvalue weighted by Gasteiger charge is 2.21. The molecule has 0 unspecified atom stereocenters. The Balaban J connectivity index is 2.31. The molecule has 0 atom stereocenters. The summed E-state index contributed by atoms with van der Waals surface area (Å²) < 4.78 is 8.59. The summed E-state index contributed by atoms with van der Waals surface area (Å²) in [5.41, 5.74) is 7.52. The lowest BCUT2D eigenvalue weighted by atomic mass is 9.89. The zero-order chi connectivity index (χ0) is 24.3. The Morgan fingerprint density at radius 1 is 1.09 bits per heavy atom. The van der Waals surface area contributed by atoms with Crippen LogP contribution in [0.25, 0.3) is 27.6 Å². The number of hydrogen-bond acceptors (Lipinski definition) is 2. The molecule has 0 aliphatic heterocycles. The fraction of sp³-hybridized carbons (Fsp3) is 0.414. The van der Waals surface area contributed by atoms with Crippen molar-refractivity contribution in [1.29, 1.82) is 0 Å². The van der Waals surface area contributed by atoms with Crippen LogP contribution in [0.5, 0.6) is 5.75 Å². The van der Waals surface area contributed by atoms with Gasteiger partial charge in [0.05, 0.1) is 6.61 Å². The molecule has 176 valence electrons. The molecular formula is C29H37NO3. The van der Waals surface area contributed by atoms with E-state index in [1.54, 1.807) is 0 Å². The Morgan fingerprint density at radius 3 is 2.42 bits per heavy atom. The summed E-state index contributed by atoms with van der Waals surface area (Å²) in [5, 5.41) is 10.3. The van der Waals surface area contributed by atoms with Crippen LogP contribution in [0.1, 0.15) is 82.9 Å². The molecule has 33 heavy (non-hydrogen) atoms. The van der Waals surface area contributed by atoms with Crippen molar-refractivity contribution in [3.05, 3.63) is 59.3 Å². The SMILES string of the molecule is CCCCOc1c(-c2cn(C)c3ccc(C(C)=CC(=O)O)cc23)cc(C(C)C)cc1C(C)C. The standard InChI is InChI=1S/C29H37NO3/c1-8-9-12-33-29-23(19(4)5)15-22(18(2)3)16-25(29)26-17-30(7)27-11-10-21(14-24(26)27)20(6)13-28(31)32/h10-11,13-19H,8-9,12H2,1-7H3,(H,31,32). The van der Waals surface area contributed by atoms with E-state index in [2.05, 4.69) is 76.7 Å². The van der Waals surface area contributed by atoms with Crippen LogP contribution in [-0.2, 0) is 11.8 Å². The van der Waals surface area contributed by atoms with Gasteiger partial charge in [0, 0.05) is 41.4 Å². The molecule has 0 aliphatic rings. The molecule has 3 aromatic rings. The van der Waals surface area contributed by atoms with Crippen molar-refractivity contribution in [3.8, 4) is 16.9 Å². The number of benzene rings is 2. The molecule has 0 saturated heterocycles. The average molecular weight is 448 g/mol. The number of aryl methyl sites for hydroxylation is 1. The Labute approximate surface area is 197 Å². The van der Waals surface area contributed by atoms with E-state index in [1.807, 2.05) is 13.0 Å². The quantitative estimate of drug-likeness (QED) is 0.269. The third kappa shape index (κ3) is 5.32. The summed E-state index contributed by atoms with van der Waals surface area (Å²) in [6, 6.07) is 10.7. The summed E-state index contributed by atoms with van der Waals surface area (Å²) in [6.07, 6.45) is 5.53. The van der Waals surface area contributed by atoms with Gasteiger partial charge in [-0.1, -0.05) is 53.2 Å². The molecule has 0 radical (unpaired) electrons. The highest BCUT2D eigenvalue weighted by atomic mass is 16.5. The maximum atomic E-state index is 11.2. The van der Waals surface area contributed by atoms with E-state index >= 15 is 0 Å². The molecule has 2 aromatic carbocycles. The van der Waals surface area contributed by atoms with Crippen LogP contribution in [0.2, 0.25) is 0 Å². The number of carboxylic acid groups (broad SMARTS) is 1. The van der Waals surface area contributed by atoms with Crippen LogP contribution in [0.4, 0.5) is 0 Å². The Morgan fingerprint density at radius 2 is 1.82 bits per heavy atom. The molecule has 4 heteroatoms. The number of fused-ring (bicyclic) bond motifs is 1. The molecule has 1 aromatic heterocycles. The molecule has 0 aliphatic carbocycles. The van der Waals surface area contributed by atoms with Gasteiger partial charge < -0.3 is 14.4 Å². The fourth-order valence-electron chi connectivity index (χ4n) is 4.24. The van der Waals surface area contributed by atoms with Crippen molar-refractivity contribution in [2.75, 3.05) is 6.61 Å². The van der Waals surface area contributed by atoms with Crippen LogP contribution >= 0.6 is 0 Å². The predicted octanol–water partition coefficient (Wildman–Crippen LogP) is 7.76. The Kier molecular flexibility index (Phi) is 7.68.